The van der Waals surface area contributed by atoms with Crippen LogP contribution in [-0.2, 0) is 0 Å². The van der Waals surface area contributed by atoms with Crippen LogP contribution in [0.2, 0.25) is 0 Å². The minimum Gasteiger partial charge on any atom is -0.375 e. The molecule has 0 aliphatic carbocycles. The van der Waals surface area contributed by atoms with Crippen LogP contribution in [-0.4, -0.2) is 24.3 Å². The predicted molar refractivity (Wildman–Crippen MR) is 49.9 cm³/mol. The Hall–Kier alpha value is -0.443. The first-order valence-corrected chi connectivity index (χ1v) is 4.69. The first-order chi connectivity index (χ1) is 4.63. The molecule has 0 aromatic heterocycles. The van der Waals surface area contributed by atoms with Gasteiger partial charge in [-0.2, -0.15) is 0 Å². The Balaban J connectivity index is 4.27. The van der Waals surface area contributed by atoms with Crippen LogP contribution in [0.3, 0.4) is 0 Å². The molecule has 60 valence electrons. The molecule has 0 radical (unpaired) electrons. The van der Waals surface area contributed by atoms with E-state index in [4.69, 9.17) is 0 Å². The lowest BCUT2D eigenvalue weighted by Crippen LogP contribution is -2.23. The van der Waals surface area contributed by atoms with Crippen molar-refractivity contribution in [3.8, 4) is 0 Å². The zero-order valence-corrected chi connectivity index (χ0v) is 9.58. The molecule has 0 saturated carbocycles. The highest BCUT2D eigenvalue weighted by Crippen LogP contribution is 2.05. The maximum Gasteiger partial charge on any atom is 0.0925 e. The van der Waals surface area contributed by atoms with Crippen LogP contribution >= 0.6 is 0 Å². The molecular weight excluding hydrogens is 140 g/mol. The van der Waals surface area contributed by atoms with E-state index in [0.717, 1.165) is 10.2 Å². The third-order valence-corrected chi connectivity index (χ3v) is 3.42. The highest BCUT2D eigenvalue weighted by molar-refractivity contribution is 6.22. The van der Waals surface area contributed by atoms with Gasteiger partial charge < -0.3 is 10.6 Å². The molecule has 2 N–H and O–H groups in total. The smallest absolute Gasteiger partial charge is 0.0925 e. The largest absolute Gasteiger partial charge is 0.375 e. The Morgan fingerprint density at radius 1 is 1.20 bits per heavy atom. The summed E-state index contributed by atoms with van der Waals surface area (Å²) in [4.78, 5) is 0. The van der Waals surface area contributed by atoms with Gasteiger partial charge >= 0.3 is 0 Å². The molecule has 0 amide bonds. The third kappa shape index (κ3) is 2.43. The molecule has 0 fully saturated rings. The van der Waals surface area contributed by atoms with Crippen molar-refractivity contribution in [2.75, 3.05) is 14.1 Å². The Morgan fingerprint density at radius 2 is 1.60 bits per heavy atom. The van der Waals surface area contributed by atoms with Gasteiger partial charge in [-0.05, 0) is 5.92 Å². The Morgan fingerprint density at radius 3 is 1.70 bits per heavy atom. The van der Waals surface area contributed by atoms with Crippen molar-refractivity contribution in [2.24, 2.45) is 5.92 Å². The standard InChI is InChI=1S/C7H18N2Si/c1-5(2)6(10)7(8-3)9-4/h5,8-9H,1-4,10H3. The van der Waals surface area contributed by atoms with Crippen molar-refractivity contribution >= 4 is 10.2 Å². The molecule has 0 bridgehead atoms. The first kappa shape index (κ1) is 9.56. The van der Waals surface area contributed by atoms with E-state index in [1.807, 2.05) is 14.1 Å². The van der Waals surface area contributed by atoms with E-state index >= 15 is 0 Å². The van der Waals surface area contributed by atoms with Crippen molar-refractivity contribution in [3.05, 3.63) is 11.0 Å². The molecule has 0 saturated heterocycles. The highest BCUT2D eigenvalue weighted by Gasteiger charge is 2.01. The molecule has 10 heavy (non-hydrogen) atoms. The van der Waals surface area contributed by atoms with Gasteiger partial charge in [-0.15, -0.1) is 0 Å². The normalized spacial score (nSPS) is 9.70. The molecule has 0 aromatic rings. The van der Waals surface area contributed by atoms with Crippen molar-refractivity contribution < 1.29 is 0 Å². The molecule has 3 heteroatoms. The molecule has 2 nitrogen and oxygen atoms in total. The second kappa shape index (κ2) is 4.38. The molecule has 0 atom stereocenters. The van der Waals surface area contributed by atoms with Gasteiger partial charge in [0.1, 0.15) is 0 Å². The average molecular weight is 158 g/mol. The van der Waals surface area contributed by atoms with Crippen LogP contribution in [0, 0.1) is 5.92 Å². The molecule has 0 spiro atoms. The van der Waals surface area contributed by atoms with Crippen molar-refractivity contribution in [2.45, 2.75) is 13.8 Å². The zero-order chi connectivity index (χ0) is 8.15. The van der Waals surface area contributed by atoms with Crippen LogP contribution in [0.15, 0.2) is 11.0 Å². The molecule has 0 aliphatic heterocycles. The van der Waals surface area contributed by atoms with Gasteiger partial charge in [-0.3, -0.25) is 0 Å². The summed E-state index contributed by atoms with van der Waals surface area (Å²) < 4.78 is 0. The highest BCUT2D eigenvalue weighted by atomic mass is 28.1. The van der Waals surface area contributed by atoms with E-state index in [0.29, 0.717) is 5.92 Å². The van der Waals surface area contributed by atoms with Gasteiger partial charge in [0, 0.05) is 24.3 Å². The average Bonchev–Trinajstić information content (AvgIpc) is 1.90. The zero-order valence-electron chi connectivity index (χ0n) is 7.58. The van der Waals surface area contributed by atoms with Gasteiger partial charge in [0.2, 0.25) is 0 Å². The first-order valence-electron chi connectivity index (χ1n) is 3.69. The Labute approximate surface area is 66.5 Å². The fraction of sp³-hybridized carbons (Fsp3) is 0.714. The fourth-order valence-electron chi connectivity index (χ4n) is 0.808. The minimum absolute atomic E-state index is 0.668. The van der Waals surface area contributed by atoms with Gasteiger partial charge in [-0.25, -0.2) is 0 Å². The molecule has 0 unspecified atom stereocenters. The number of hydrogen-bond acceptors (Lipinski definition) is 2. The fourth-order valence-corrected chi connectivity index (χ4v) is 1.31. The van der Waals surface area contributed by atoms with Crippen molar-refractivity contribution in [3.63, 3.8) is 0 Å². The monoisotopic (exact) mass is 158 g/mol. The molecule has 0 rings (SSSR count). The van der Waals surface area contributed by atoms with Crippen LogP contribution in [0.1, 0.15) is 13.8 Å². The number of rotatable bonds is 3. The second-order valence-electron chi connectivity index (χ2n) is 2.71. The van der Waals surface area contributed by atoms with Gasteiger partial charge in [-0.1, -0.05) is 19.0 Å². The lowest BCUT2D eigenvalue weighted by molar-refractivity contribution is 0.741. The van der Waals surface area contributed by atoms with Gasteiger partial charge in [0.05, 0.1) is 5.82 Å². The number of allylic oxidation sites excluding steroid dienone is 1. The van der Waals surface area contributed by atoms with E-state index in [9.17, 15) is 0 Å². The molecular formula is C7H18N2Si. The molecule has 0 aromatic carbocycles. The number of nitrogens with one attached hydrogen (secondary N) is 2. The SMILES string of the molecule is CNC(NC)=C([SiH3])C(C)C. The summed E-state index contributed by atoms with van der Waals surface area (Å²) >= 11 is 0. The molecule has 0 heterocycles. The van der Waals surface area contributed by atoms with E-state index in [-0.39, 0.29) is 0 Å². The quantitative estimate of drug-likeness (QED) is 0.547. The summed E-state index contributed by atoms with van der Waals surface area (Å²) in [5, 5.41) is 7.78. The number of hydrogen-bond donors (Lipinski definition) is 2. The van der Waals surface area contributed by atoms with E-state index in [1.165, 1.54) is 11.0 Å². The second-order valence-corrected chi connectivity index (χ2v) is 3.79. The summed E-state index contributed by atoms with van der Waals surface area (Å²) in [7, 11) is 5.03. The minimum atomic E-state index is 0.668. The van der Waals surface area contributed by atoms with Crippen molar-refractivity contribution in [1.82, 2.24) is 10.6 Å². The van der Waals surface area contributed by atoms with E-state index in [1.54, 1.807) is 0 Å². The van der Waals surface area contributed by atoms with E-state index in [2.05, 4.69) is 24.5 Å². The van der Waals surface area contributed by atoms with Crippen LogP contribution in [0.4, 0.5) is 0 Å². The summed E-state index contributed by atoms with van der Waals surface area (Å²) in [6.07, 6.45) is 0. The lowest BCUT2D eigenvalue weighted by Gasteiger charge is -2.13. The maximum atomic E-state index is 3.14. The van der Waals surface area contributed by atoms with Crippen LogP contribution < -0.4 is 10.6 Å². The maximum absolute atomic E-state index is 3.14. The Bertz CT molecular complexity index is 124. The van der Waals surface area contributed by atoms with Gasteiger partial charge in [0.15, 0.2) is 0 Å². The van der Waals surface area contributed by atoms with Crippen LogP contribution in [0.5, 0.6) is 0 Å². The summed E-state index contributed by atoms with van der Waals surface area (Å²) in [5.41, 5.74) is 0. The summed E-state index contributed by atoms with van der Waals surface area (Å²) in [5.74, 6) is 1.86. The van der Waals surface area contributed by atoms with Crippen molar-refractivity contribution in [1.29, 1.82) is 0 Å². The predicted octanol–water partition coefficient (Wildman–Crippen LogP) is -0.384. The molecule has 0 aliphatic rings. The lowest BCUT2D eigenvalue weighted by atomic mass is 10.2. The summed E-state index contributed by atoms with van der Waals surface area (Å²) in [6.45, 7) is 4.44. The van der Waals surface area contributed by atoms with Crippen LogP contribution in [0.25, 0.3) is 0 Å². The third-order valence-electron chi connectivity index (χ3n) is 1.76. The summed E-state index contributed by atoms with van der Waals surface area (Å²) in [6, 6.07) is 0. The van der Waals surface area contributed by atoms with Gasteiger partial charge in [0.25, 0.3) is 0 Å². The topological polar surface area (TPSA) is 24.1 Å². The Kier molecular flexibility index (Phi) is 4.19. The van der Waals surface area contributed by atoms with E-state index < -0.39 is 0 Å².